The summed E-state index contributed by atoms with van der Waals surface area (Å²) in [5.41, 5.74) is 0.640. The van der Waals surface area contributed by atoms with Crippen molar-refractivity contribution in [2.75, 3.05) is 0 Å². The average molecular weight is 182 g/mol. The van der Waals surface area contributed by atoms with Gasteiger partial charge in [-0.15, -0.1) is 0 Å². The molecule has 74 valence electrons. The predicted octanol–water partition coefficient (Wildman–Crippen LogP) is 2.68. The molecule has 1 saturated heterocycles. The van der Waals surface area contributed by atoms with E-state index >= 15 is 0 Å². The summed E-state index contributed by atoms with van der Waals surface area (Å²) >= 11 is 0. The smallest absolute Gasteiger partial charge is 0.334 e. The van der Waals surface area contributed by atoms with Crippen LogP contribution in [0.1, 0.15) is 39.5 Å². The lowest BCUT2D eigenvalue weighted by atomic mass is 9.96. The van der Waals surface area contributed by atoms with E-state index in [9.17, 15) is 4.79 Å². The van der Waals surface area contributed by atoms with Crippen LogP contribution >= 0.6 is 0 Å². The summed E-state index contributed by atoms with van der Waals surface area (Å²) in [4.78, 5) is 11.1. The van der Waals surface area contributed by atoms with Gasteiger partial charge in [-0.25, -0.2) is 4.79 Å². The lowest BCUT2D eigenvalue weighted by Crippen LogP contribution is -2.13. The normalized spacial score (nSPS) is 27.8. The van der Waals surface area contributed by atoms with Gasteiger partial charge in [0.25, 0.3) is 0 Å². The molecule has 0 saturated carbocycles. The van der Waals surface area contributed by atoms with E-state index in [1.165, 1.54) is 12.8 Å². The van der Waals surface area contributed by atoms with E-state index in [0.29, 0.717) is 5.57 Å². The van der Waals surface area contributed by atoms with Crippen molar-refractivity contribution in [3.8, 4) is 0 Å². The first-order valence-corrected chi connectivity index (χ1v) is 5.06. The summed E-state index contributed by atoms with van der Waals surface area (Å²) in [6.07, 6.45) is 4.64. The zero-order valence-electron chi connectivity index (χ0n) is 8.51. The zero-order valence-corrected chi connectivity index (χ0v) is 8.51. The van der Waals surface area contributed by atoms with Crippen LogP contribution in [-0.4, -0.2) is 12.1 Å². The highest BCUT2D eigenvalue weighted by Gasteiger charge is 2.34. The van der Waals surface area contributed by atoms with E-state index in [1.54, 1.807) is 0 Å². The van der Waals surface area contributed by atoms with E-state index < -0.39 is 0 Å². The Kier molecular flexibility index (Phi) is 3.52. The largest absolute Gasteiger partial charge is 0.458 e. The van der Waals surface area contributed by atoms with Gasteiger partial charge in [-0.3, -0.25) is 0 Å². The molecule has 1 rings (SSSR count). The molecular weight excluding hydrogens is 164 g/mol. The van der Waals surface area contributed by atoms with Crippen molar-refractivity contribution < 1.29 is 9.53 Å². The molecule has 2 atom stereocenters. The van der Waals surface area contributed by atoms with Gasteiger partial charge in [0.15, 0.2) is 0 Å². The number of esters is 1. The Balaban J connectivity index is 2.36. The second-order valence-corrected chi connectivity index (χ2v) is 3.75. The van der Waals surface area contributed by atoms with Gasteiger partial charge in [-0.05, 0) is 12.8 Å². The topological polar surface area (TPSA) is 26.3 Å². The van der Waals surface area contributed by atoms with Crippen molar-refractivity contribution in [1.29, 1.82) is 0 Å². The van der Waals surface area contributed by atoms with Crippen LogP contribution in [0.25, 0.3) is 0 Å². The van der Waals surface area contributed by atoms with Crippen molar-refractivity contribution in [2.45, 2.75) is 45.6 Å². The first kappa shape index (κ1) is 10.3. The Morgan fingerprint density at radius 3 is 2.62 bits per heavy atom. The van der Waals surface area contributed by atoms with Crippen LogP contribution in [-0.2, 0) is 9.53 Å². The number of hydrogen-bond acceptors (Lipinski definition) is 2. The highest BCUT2D eigenvalue weighted by molar-refractivity contribution is 5.90. The summed E-state index contributed by atoms with van der Waals surface area (Å²) in [6.45, 7) is 7.91. The quantitative estimate of drug-likeness (QED) is 0.379. The molecule has 2 heteroatoms. The van der Waals surface area contributed by atoms with E-state index in [2.05, 4.69) is 13.5 Å². The van der Waals surface area contributed by atoms with Gasteiger partial charge < -0.3 is 4.74 Å². The summed E-state index contributed by atoms with van der Waals surface area (Å²) in [7, 11) is 0. The molecule has 0 aromatic carbocycles. The minimum absolute atomic E-state index is 0.0894. The lowest BCUT2D eigenvalue weighted by molar-refractivity contribution is -0.139. The van der Waals surface area contributed by atoms with Gasteiger partial charge in [0.05, 0.1) is 0 Å². The minimum Gasteiger partial charge on any atom is -0.458 e. The summed E-state index contributed by atoms with van der Waals surface area (Å²) in [5, 5.41) is 0. The molecule has 1 aliphatic rings. The summed E-state index contributed by atoms with van der Waals surface area (Å²) in [5.74, 6) is 0.0124. The van der Waals surface area contributed by atoms with E-state index in [-0.39, 0.29) is 18.0 Å². The number of hydrogen-bond donors (Lipinski definition) is 0. The highest BCUT2D eigenvalue weighted by atomic mass is 16.6. The number of cyclic esters (lactones) is 1. The molecule has 1 aliphatic heterocycles. The van der Waals surface area contributed by atoms with Crippen LogP contribution in [0.5, 0.6) is 0 Å². The van der Waals surface area contributed by atoms with Crippen molar-refractivity contribution in [1.82, 2.24) is 0 Å². The monoisotopic (exact) mass is 182 g/mol. The van der Waals surface area contributed by atoms with Crippen molar-refractivity contribution in [3.63, 3.8) is 0 Å². The number of ether oxygens (including phenoxy) is 1. The molecule has 1 heterocycles. The van der Waals surface area contributed by atoms with Gasteiger partial charge in [-0.2, -0.15) is 0 Å². The van der Waals surface area contributed by atoms with E-state index in [0.717, 1.165) is 12.8 Å². The molecule has 1 fully saturated rings. The minimum atomic E-state index is -0.200. The van der Waals surface area contributed by atoms with Crippen LogP contribution in [0.2, 0.25) is 0 Å². The summed E-state index contributed by atoms with van der Waals surface area (Å²) in [6, 6.07) is 0. The molecule has 0 aromatic heterocycles. The molecule has 2 unspecified atom stereocenters. The van der Waals surface area contributed by atoms with E-state index in [1.807, 2.05) is 6.92 Å². The van der Waals surface area contributed by atoms with E-state index in [4.69, 9.17) is 4.74 Å². The molecule has 0 N–H and O–H groups in total. The maximum Gasteiger partial charge on any atom is 0.334 e. The summed E-state index contributed by atoms with van der Waals surface area (Å²) < 4.78 is 5.19. The fraction of sp³-hybridized carbons (Fsp3) is 0.727. The van der Waals surface area contributed by atoms with Crippen LogP contribution in [0.4, 0.5) is 0 Å². The molecule has 0 amide bonds. The molecule has 0 aromatic rings. The fourth-order valence-electron chi connectivity index (χ4n) is 1.63. The molecule has 0 spiro atoms. The lowest BCUT2D eigenvalue weighted by Gasteiger charge is -2.12. The Morgan fingerprint density at radius 1 is 1.46 bits per heavy atom. The van der Waals surface area contributed by atoms with Gasteiger partial charge in [0.1, 0.15) is 6.10 Å². The number of carbonyl (C=O) groups is 1. The van der Waals surface area contributed by atoms with Crippen molar-refractivity contribution in [2.24, 2.45) is 5.92 Å². The molecule has 0 aliphatic carbocycles. The number of carbonyl (C=O) groups excluding carboxylic acids is 1. The SMILES string of the molecule is C=C1C(=O)OC(CCCCC)C1C. The Morgan fingerprint density at radius 2 is 2.15 bits per heavy atom. The first-order valence-electron chi connectivity index (χ1n) is 5.06. The van der Waals surface area contributed by atoms with Gasteiger partial charge in [0, 0.05) is 11.5 Å². The Bertz CT molecular complexity index is 208. The predicted molar refractivity (Wildman–Crippen MR) is 52.3 cm³/mol. The number of unbranched alkanes of at least 4 members (excludes halogenated alkanes) is 2. The standard InChI is InChI=1S/C11H18O2/c1-4-5-6-7-10-8(2)9(3)11(12)13-10/h8,10H,3-7H2,1-2H3. The Labute approximate surface area is 80.0 Å². The van der Waals surface area contributed by atoms with Crippen molar-refractivity contribution >= 4 is 5.97 Å². The zero-order chi connectivity index (χ0) is 9.84. The number of rotatable bonds is 4. The maximum atomic E-state index is 11.1. The van der Waals surface area contributed by atoms with Crippen LogP contribution < -0.4 is 0 Å². The fourth-order valence-corrected chi connectivity index (χ4v) is 1.63. The molecule has 13 heavy (non-hydrogen) atoms. The maximum absolute atomic E-state index is 11.1. The van der Waals surface area contributed by atoms with Crippen molar-refractivity contribution in [3.05, 3.63) is 12.2 Å². The van der Waals surface area contributed by atoms with Crippen LogP contribution in [0.15, 0.2) is 12.2 Å². The molecular formula is C11H18O2. The van der Waals surface area contributed by atoms with Gasteiger partial charge >= 0.3 is 5.97 Å². The second kappa shape index (κ2) is 4.45. The van der Waals surface area contributed by atoms with Gasteiger partial charge in [0.2, 0.25) is 0 Å². The Hall–Kier alpha value is -0.790. The highest BCUT2D eigenvalue weighted by Crippen LogP contribution is 2.29. The third-order valence-electron chi connectivity index (χ3n) is 2.72. The molecule has 0 bridgehead atoms. The second-order valence-electron chi connectivity index (χ2n) is 3.75. The third-order valence-corrected chi connectivity index (χ3v) is 2.72. The third kappa shape index (κ3) is 2.33. The average Bonchev–Trinajstić information content (AvgIpc) is 2.34. The molecule has 0 radical (unpaired) electrons. The first-order chi connectivity index (χ1) is 6.16. The van der Waals surface area contributed by atoms with Crippen LogP contribution in [0.3, 0.4) is 0 Å². The van der Waals surface area contributed by atoms with Crippen LogP contribution in [0, 0.1) is 5.92 Å². The van der Waals surface area contributed by atoms with Gasteiger partial charge in [-0.1, -0.05) is 33.3 Å². The molecule has 2 nitrogen and oxygen atoms in total.